The molecule has 3 amide bonds. The fourth-order valence-corrected chi connectivity index (χ4v) is 4.96. The Balaban J connectivity index is 1.51. The summed E-state index contributed by atoms with van der Waals surface area (Å²) in [6, 6.07) is 10.1. The maximum Gasteiger partial charge on any atom is 0.410 e. The Morgan fingerprint density at radius 2 is 1.84 bits per heavy atom. The summed E-state index contributed by atoms with van der Waals surface area (Å²) in [7, 11) is -3.61. The summed E-state index contributed by atoms with van der Waals surface area (Å²) in [6.45, 7) is 6.37. The van der Waals surface area contributed by atoms with E-state index in [1.54, 1.807) is 37.8 Å². The Kier molecular flexibility index (Phi) is 9.55. The van der Waals surface area contributed by atoms with Gasteiger partial charge in [-0.15, -0.1) is 0 Å². The minimum Gasteiger partial charge on any atom is -0.492 e. The molecule has 1 unspecified atom stereocenters. The van der Waals surface area contributed by atoms with Crippen LogP contribution in [0, 0.1) is 5.92 Å². The molecule has 14 heteroatoms. The zero-order valence-corrected chi connectivity index (χ0v) is 25.7. The van der Waals surface area contributed by atoms with Gasteiger partial charge in [0.25, 0.3) is 11.8 Å². The lowest BCUT2D eigenvalue weighted by molar-refractivity contribution is 0.0284. The second-order valence-electron chi connectivity index (χ2n) is 11.0. The number of likely N-dealkylation sites (tertiary alicyclic amines) is 1. The monoisotopic (exact) mass is 629 g/mol. The van der Waals surface area contributed by atoms with E-state index in [0.29, 0.717) is 24.5 Å². The molecule has 0 aliphatic carbocycles. The van der Waals surface area contributed by atoms with Gasteiger partial charge in [-0.1, -0.05) is 11.6 Å². The minimum atomic E-state index is -3.61. The van der Waals surface area contributed by atoms with Gasteiger partial charge in [0.2, 0.25) is 0 Å². The molecule has 1 aliphatic rings. The van der Waals surface area contributed by atoms with Crippen LogP contribution in [-0.2, 0) is 14.6 Å². The number of halogens is 1. The molecule has 3 aromatic rings. The number of carbonyl (C=O) groups is 3. The molecule has 12 nitrogen and oxygen atoms in total. The van der Waals surface area contributed by atoms with Crippen LogP contribution in [-0.4, -0.2) is 72.7 Å². The van der Waals surface area contributed by atoms with Gasteiger partial charge in [0, 0.05) is 37.7 Å². The number of sulfone groups is 1. The summed E-state index contributed by atoms with van der Waals surface area (Å²) < 4.78 is 36.0. The van der Waals surface area contributed by atoms with E-state index in [1.165, 1.54) is 42.7 Å². The first-order chi connectivity index (χ1) is 20.2. The molecule has 2 aromatic heterocycles. The third-order valence-corrected chi connectivity index (χ3v) is 7.61. The third-order valence-electron chi connectivity index (χ3n) is 6.28. The highest BCUT2D eigenvalue weighted by molar-refractivity contribution is 7.90. The van der Waals surface area contributed by atoms with E-state index < -0.39 is 33.3 Å². The van der Waals surface area contributed by atoms with Crippen molar-refractivity contribution in [2.45, 2.75) is 37.7 Å². The highest BCUT2D eigenvalue weighted by Crippen LogP contribution is 2.27. The number of anilines is 2. The van der Waals surface area contributed by atoms with Crippen molar-refractivity contribution < 1.29 is 32.3 Å². The standard InChI is InChI=1S/C29H32ClN5O7S/c1-29(2,3)42-28(38)35-13-11-18(16-35)17-41-23-14-20(43(4,39)40)8-9-21(23)26(36)33-22-6-5-12-31-25(22)27(37)34-24-10-7-19(30)15-32-24/h5-10,12,14-15,18H,11,13,16-17H2,1-4H3,(H,33,36)(H,32,34,37). The van der Waals surface area contributed by atoms with Gasteiger partial charge in [-0.2, -0.15) is 0 Å². The van der Waals surface area contributed by atoms with Crippen LogP contribution < -0.4 is 15.4 Å². The van der Waals surface area contributed by atoms with Crippen LogP contribution in [0.2, 0.25) is 5.02 Å². The average Bonchev–Trinajstić information content (AvgIpc) is 3.41. The van der Waals surface area contributed by atoms with Crippen LogP contribution >= 0.6 is 11.6 Å². The number of nitrogens with zero attached hydrogens (tertiary/aromatic N) is 3. The molecule has 1 aliphatic heterocycles. The van der Waals surface area contributed by atoms with Crippen molar-refractivity contribution in [1.29, 1.82) is 0 Å². The molecule has 0 spiro atoms. The zero-order chi connectivity index (χ0) is 31.4. The number of nitrogens with one attached hydrogen (secondary N) is 2. The smallest absolute Gasteiger partial charge is 0.410 e. The normalized spacial score (nSPS) is 15.1. The summed E-state index contributed by atoms with van der Waals surface area (Å²) in [5, 5.41) is 5.67. The van der Waals surface area contributed by atoms with Crippen molar-refractivity contribution in [1.82, 2.24) is 14.9 Å². The summed E-state index contributed by atoms with van der Waals surface area (Å²) in [6.07, 6.45) is 4.05. The molecule has 1 atom stereocenters. The van der Waals surface area contributed by atoms with Gasteiger partial charge >= 0.3 is 6.09 Å². The Bertz CT molecular complexity index is 1620. The molecule has 0 saturated carbocycles. The predicted molar refractivity (Wildman–Crippen MR) is 160 cm³/mol. The Hall–Kier alpha value is -4.23. The number of carbonyl (C=O) groups excluding carboxylic acids is 3. The van der Waals surface area contributed by atoms with Crippen LogP contribution in [0.4, 0.5) is 16.3 Å². The lowest BCUT2D eigenvalue weighted by Gasteiger charge is -2.24. The van der Waals surface area contributed by atoms with E-state index in [-0.39, 0.29) is 45.9 Å². The molecule has 228 valence electrons. The van der Waals surface area contributed by atoms with Gasteiger partial charge in [0.05, 0.1) is 27.8 Å². The maximum atomic E-state index is 13.4. The minimum absolute atomic E-state index is 0.0298. The van der Waals surface area contributed by atoms with Crippen molar-refractivity contribution in [3.05, 3.63) is 71.1 Å². The van der Waals surface area contributed by atoms with Crippen LogP contribution in [0.1, 0.15) is 48.0 Å². The first-order valence-electron chi connectivity index (χ1n) is 13.3. The number of hydrogen-bond donors (Lipinski definition) is 2. The van der Waals surface area contributed by atoms with E-state index >= 15 is 0 Å². The van der Waals surface area contributed by atoms with E-state index in [2.05, 4.69) is 20.6 Å². The summed E-state index contributed by atoms with van der Waals surface area (Å²) in [5.74, 6) is -1.06. The third kappa shape index (κ3) is 8.64. The SMILES string of the molecule is CC(C)(C)OC(=O)N1CCC(COc2cc(S(C)(=O)=O)ccc2C(=O)Nc2cccnc2C(=O)Nc2ccc(Cl)cn2)C1. The van der Waals surface area contributed by atoms with Gasteiger partial charge in [-0.25, -0.2) is 23.2 Å². The van der Waals surface area contributed by atoms with Crippen LogP contribution in [0.25, 0.3) is 0 Å². The highest BCUT2D eigenvalue weighted by atomic mass is 35.5. The van der Waals surface area contributed by atoms with Crippen LogP contribution in [0.15, 0.2) is 59.8 Å². The quantitative estimate of drug-likeness (QED) is 0.361. The second-order valence-corrected chi connectivity index (χ2v) is 13.4. The molecule has 2 N–H and O–H groups in total. The predicted octanol–water partition coefficient (Wildman–Crippen LogP) is 4.67. The highest BCUT2D eigenvalue weighted by Gasteiger charge is 2.30. The Morgan fingerprint density at radius 1 is 1.07 bits per heavy atom. The molecule has 0 bridgehead atoms. The van der Waals surface area contributed by atoms with Crippen molar-refractivity contribution in [2.24, 2.45) is 5.92 Å². The molecular weight excluding hydrogens is 598 g/mol. The van der Waals surface area contributed by atoms with Gasteiger partial charge in [-0.05, 0) is 69.7 Å². The van der Waals surface area contributed by atoms with E-state index in [9.17, 15) is 22.8 Å². The summed E-state index contributed by atoms with van der Waals surface area (Å²) >= 11 is 5.85. The number of hydrogen-bond acceptors (Lipinski definition) is 9. The Morgan fingerprint density at radius 3 is 2.51 bits per heavy atom. The van der Waals surface area contributed by atoms with E-state index in [0.717, 1.165) is 6.26 Å². The number of pyridine rings is 2. The van der Waals surface area contributed by atoms with Crippen molar-refractivity contribution in [3.8, 4) is 5.75 Å². The van der Waals surface area contributed by atoms with Crippen molar-refractivity contribution >= 4 is 50.9 Å². The number of amides is 3. The summed E-state index contributed by atoms with van der Waals surface area (Å²) in [4.78, 5) is 48.5. The van der Waals surface area contributed by atoms with Gasteiger partial charge in [0.15, 0.2) is 15.5 Å². The molecule has 4 rings (SSSR count). The molecule has 1 fully saturated rings. The number of aromatic nitrogens is 2. The van der Waals surface area contributed by atoms with Crippen molar-refractivity contribution in [2.75, 3.05) is 36.6 Å². The van der Waals surface area contributed by atoms with Gasteiger partial charge in [0.1, 0.15) is 17.2 Å². The molecule has 3 heterocycles. The van der Waals surface area contributed by atoms with E-state index in [4.69, 9.17) is 21.1 Å². The van der Waals surface area contributed by atoms with Gasteiger partial charge in [-0.3, -0.25) is 9.59 Å². The van der Waals surface area contributed by atoms with Crippen LogP contribution in [0.3, 0.4) is 0 Å². The van der Waals surface area contributed by atoms with Gasteiger partial charge < -0.3 is 25.0 Å². The van der Waals surface area contributed by atoms with E-state index in [1.807, 2.05) is 0 Å². The molecule has 43 heavy (non-hydrogen) atoms. The second kappa shape index (κ2) is 13.0. The fraction of sp³-hybridized carbons (Fsp3) is 0.345. The average molecular weight is 630 g/mol. The molecule has 1 saturated heterocycles. The molecule has 0 radical (unpaired) electrons. The topological polar surface area (TPSA) is 157 Å². The molecule has 1 aromatic carbocycles. The zero-order valence-electron chi connectivity index (χ0n) is 24.1. The number of ether oxygens (including phenoxy) is 2. The maximum absolute atomic E-state index is 13.4. The number of benzene rings is 1. The fourth-order valence-electron chi connectivity index (χ4n) is 4.21. The summed E-state index contributed by atoms with van der Waals surface area (Å²) in [5.41, 5.74) is -0.539. The Labute approximate surface area is 254 Å². The lowest BCUT2D eigenvalue weighted by Crippen LogP contribution is -2.35. The van der Waals surface area contributed by atoms with Crippen LogP contribution in [0.5, 0.6) is 5.75 Å². The van der Waals surface area contributed by atoms with Crippen molar-refractivity contribution in [3.63, 3.8) is 0 Å². The lowest BCUT2D eigenvalue weighted by atomic mass is 10.1. The first kappa shape index (κ1) is 31.7. The molecular formula is C29H32ClN5O7S. The number of rotatable bonds is 8. The largest absolute Gasteiger partial charge is 0.492 e. The first-order valence-corrected chi connectivity index (χ1v) is 15.6.